The zero-order chi connectivity index (χ0) is 22.9. The van der Waals surface area contributed by atoms with E-state index >= 15 is 0 Å². The van der Waals surface area contributed by atoms with Crippen LogP contribution in [0, 0.1) is 0 Å². The van der Waals surface area contributed by atoms with E-state index < -0.39 is 0 Å². The molecule has 33 heavy (non-hydrogen) atoms. The standard InChI is InChI=1S/C23H14BrN3O4S2/c24-14-6-8-15(9-7-14)31-20-17(21(28)26-10-2-1-5-19(26)25-20)12-18-22(29)27(23(32)33-18)13-16-4-3-11-30-16/h1-12H,13H2. The van der Waals surface area contributed by atoms with Crippen molar-refractivity contribution in [1.29, 1.82) is 0 Å². The second-order valence-electron chi connectivity index (χ2n) is 6.97. The molecule has 0 bridgehead atoms. The van der Waals surface area contributed by atoms with Crippen molar-refractivity contribution >= 4 is 61.9 Å². The molecular formula is C23H14BrN3O4S2. The van der Waals surface area contributed by atoms with Crippen LogP contribution < -0.4 is 10.3 Å². The van der Waals surface area contributed by atoms with Gasteiger partial charge in [0.2, 0.25) is 5.88 Å². The third-order valence-corrected chi connectivity index (χ3v) is 6.71. The highest BCUT2D eigenvalue weighted by atomic mass is 79.9. The van der Waals surface area contributed by atoms with E-state index in [1.165, 1.54) is 21.6 Å². The van der Waals surface area contributed by atoms with Crippen molar-refractivity contribution in [2.24, 2.45) is 0 Å². The van der Waals surface area contributed by atoms with Gasteiger partial charge in [-0.15, -0.1) is 0 Å². The summed E-state index contributed by atoms with van der Waals surface area (Å²) in [6.45, 7) is 0.214. The molecule has 7 nitrogen and oxygen atoms in total. The van der Waals surface area contributed by atoms with E-state index in [1.807, 2.05) is 12.1 Å². The first-order valence-electron chi connectivity index (χ1n) is 9.72. The van der Waals surface area contributed by atoms with Gasteiger partial charge in [0.25, 0.3) is 11.5 Å². The molecule has 0 saturated carbocycles. The Morgan fingerprint density at radius 2 is 1.94 bits per heavy atom. The number of furan rings is 1. The van der Waals surface area contributed by atoms with Crippen molar-refractivity contribution < 1.29 is 13.9 Å². The minimum Gasteiger partial charge on any atom is -0.467 e. The summed E-state index contributed by atoms with van der Waals surface area (Å²) in [7, 11) is 0. The highest BCUT2D eigenvalue weighted by Crippen LogP contribution is 2.35. The molecule has 1 aromatic carbocycles. The number of hydrogen-bond donors (Lipinski definition) is 0. The molecule has 0 spiro atoms. The first kappa shape index (κ1) is 21.6. The van der Waals surface area contributed by atoms with Gasteiger partial charge < -0.3 is 9.15 Å². The Kier molecular flexibility index (Phi) is 5.88. The monoisotopic (exact) mass is 539 g/mol. The number of hydrogen-bond acceptors (Lipinski definition) is 7. The number of aromatic nitrogens is 2. The van der Waals surface area contributed by atoms with Gasteiger partial charge in [0.15, 0.2) is 0 Å². The molecule has 164 valence electrons. The van der Waals surface area contributed by atoms with Crippen LogP contribution in [0.4, 0.5) is 0 Å². The Morgan fingerprint density at radius 1 is 1.12 bits per heavy atom. The number of nitrogens with zero attached hydrogens (tertiary/aromatic N) is 3. The van der Waals surface area contributed by atoms with Crippen LogP contribution in [-0.4, -0.2) is 24.5 Å². The Bertz CT molecular complexity index is 1460. The summed E-state index contributed by atoms with van der Waals surface area (Å²) in [6.07, 6.45) is 4.65. The largest absolute Gasteiger partial charge is 0.467 e. The molecule has 0 radical (unpaired) electrons. The van der Waals surface area contributed by atoms with Crippen LogP contribution in [0.3, 0.4) is 0 Å². The van der Waals surface area contributed by atoms with Crippen molar-refractivity contribution in [3.05, 3.63) is 98.1 Å². The molecule has 0 unspecified atom stereocenters. The predicted molar refractivity (Wildman–Crippen MR) is 133 cm³/mol. The smallest absolute Gasteiger partial charge is 0.269 e. The Balaban J connectivity index is 1.57. The average Bonchev–Trinajstić information content (AvgIpc) is 3.42. The third-order valence-electron chi connectivity index (χ3n) is 4.81. The number of carbonyl (C=O) groups excluding carboxylic acids is 1. The molecule has 1 saturated heterocycles. The summed E-state index contributed by atoms with van der Waals surface area (Å²) in [5, 5.41) is 0. The second kappa shape index (κ2) is 8.97. The number of thiocarbonyl (C=S) groups is 1. The van der Waals surface area contributed by atoms with Crippen molar-refractivity contribution in [1.82, 2.24) is 14.3 Å². The van der Waals surface area contributed by atoms with Crippen LogP contribution in [0.5, 0.6) is 11.6 Å². The topological polar surface area (TPSA) is 77.0 Å². The fraction of sp³-hybridized carbons (Fsp3) is 0.0435. The molecule has 0 aliphatic carbocycles. The van der Waals surface area contributed by atoms with Gasteiger partial charge in [-0.2, -0.15) is 4.98 Å². The van der Waals surface area contributed by atoms with Crippen LogP contribution >= 0.6 is 39.9 Å². The van der Waals surface area contributed by atoms with Gasteiger partial charge >= 0.3 is 0 Å². The van der Waals surface area contributed by atoms with E-state index in [0.717, 1.165) is 16.2 Å². The van der Waals surface area contributed by atoms with Gasteiger partial charge in [-0.3, -0.25) is 18.9 Å². The number of halogens is 1. The Morgan fingerprint density at radius 3 is 2.70 bits per heavy atom. The maximum absolute atomic E-state index is 13.3. The van der Waals surface area contributed by atoms with E-state index in [4.69, 9.17) is 21.4 Å². The van der Waals surface area contributed by atoms with Crippen molar-refractivity contribution in [3.63, 3.8) is 0 Å². The predicted octanol–water partition coefficient (Wildman–Crippen LogP) is 5.24. The zero-order valence-electron chi connectivity index (χ0n) is 16.8. The number of ether oxygens (including phenoxy) is 1. The highest BCUT2D eigenvalue weighted by Gasteiger charge is 2.33. The molecule has 1 aliphatic heterocycles. The summed E-state index contributed by atoms with van der Waals surface area (Å²) in [4.78, 5) is 32.6. The minimum absolute atomic E-state index is 0.102. The molecule has 1 amide bonds. The summed E-state index contributed by atoms with van der Waals surface area (Å²) in [5.41, 5.74) is 0.223. The van der Waals surface area contributed by atoms with E-state index in [0.29, 0.717) is 26.4 Å². The number of pyridine rings is 1. The first-order chi connectivity index (χ1) is 16.0. The van der Waals surface area contributed by atoms with Gasteiger partial charge in [0.1, 0.15) is 27.0 Å². The quantitative estimate of drug-likeness (QED) is 0.253. The summed E-state index contributed by atoms with van der Waals surface area (Å²) in [5.74, 6) is 0.906. The van der Waals surface area contributed by atoms with Crippen molar-refractivity contribution in [2.75, 3.05) is 0 Å². The van der Waals surface area contributed by atoms with Gasteiger partial charge in [0.05, 0.1) is 17.7 Å². The second-order valence-corrected chi connectivity index (χ2v) is 9.56. The number of benzene rings is 1. The highest BCUT2D eigenvalue weighted by molar-refractivity contribution is 9.10. The maximum Gasteiger partial charge on any atom is 0.269 e. The molecular weight excluding hydrogens is 526 g/mol. The molecule has 4 aromatic rings. The molecule has 0 N–H and O–H groups in total. The van der Waals surface area contributed by atoms with Crippen molar-refractivity contribution in [3.8, 4) is 11.6 Å². The van der Waals surface area contributed by atoms with Crippen LogP contribution in [0.25, 0.3) is 11.7 Å². The summed E-state index contributed by atoms with van der Waals surface area (Å²) >= 11 is 9.90. The molecule has 1 aliphatic rings. The number of carbonyl (C=O) groups is 1. The molecule has 5 rings (SSSR count). The lowest BCUT2D eigenvalue weighted by Crippen LogP contribution is -2.27. The van der Waals surface area contributed by atoms with Crippen LogP contribution in [0.15, 0.2) is 85.6 Å². The summed E-state index contributed by atoms with van der Waals surface area (Å²) in [6, 6.07) is 15.9. The van der Waals surface area contributed by atoms with Crippen LogP contribution in [0.1, 0.15) is 11.3 Å². The van der Waals surface area contributed by atoms with Gasteiger partial charge in [-0.1, -0.05) is 46.0 Å². The van der Waals surface area contributed by atoms with Crippen LogP contribution in [0.2, 0.25) is 0 Å². The third kappa shape index (κ3) is 4.37. The number of fused-ring (bicyclic) bond motifs is 1. The fourth-order valence-electron chi connectivity index (χ4n) is 3.22. The normalized spacial score (nSPS) is 15.1. The molecule has 3 aromatic heterocycles. The maximum atomic E-state index is 13.3. The van der Waals surface area contributed by atoms with E-state index in [1.54, 1.807) is 48.7 Å². The number of amides is 1. The molecule has 10 heteroatoms. The van der Waals surface area contributed by atoms with E-state index in [-0.39, 0.29) is 29.5 Å². The van der Waals surface area contributed by atoms with E-state index in [2.05, 4.69) is 20.9 Å². The Labute approximate surface area is 205 Å². The van der Waals surface area contributed by atoms with E-state index in [9.17, 15) is 9.59 Å². The summed E-state index contributed by atoms with van der Waals surface area (Å²) < 4.78 is 14.0. The lowest BCUT2D eigenvalue weighted by atomic mass is 10.2. The van der Waals surface area contributed by atoms with Crippen LogP contribution in [-0.2, 0) is 11.3 Å². The van der Waals surface area contributed by atoms with Gasteiger partial charge in [-0.25, -0.2) is 0 Å². The first-order valence-corrected chi connectivity index (χ1v) is 11.7. The SMILES string of the molecule is O=C1C(=Cc2c(Oc3ccc(Br)cc3)nc3ccccn3c2=O)SC(=S)N1Cc1ccco1. The lowest BCUT2D eigenvalue weighted by Gasteiger charge is -2.12. The number of thioether (sulfide) groups is 1. The van der Waals surface area contributed by atoms with Gasteiger partial charge in [-0.05, 0) is 54.6 Å². The molecule has 0 atom stereocenters. The zero-order valence-corrected chi connectivity index (χ0v) is 20.0. The lowest BCUT2D eigenvalue weighted by molar-refractivity contribution is -0.122. The minimum atomic E-state index is -0.357. The molecule has 1 fully saturated rings. The van der Waals surface area contributed by atoms with Gasteiger partial charge in [0, 0.05) is 10.7 Å². The fourth-order valence-corrected chi connectivity index (χ4v) is 4.72. The molecule has 4 heterocycles. The number of rotatable bonds is 5. The van der Waals surface area contributed by atoms with Crippen molar-refractivity contribution in [2.45, 2.75) is 6.54 Å². The Hall–Kier alpha value is -3.21. The average molecular weight is 540 g/mol.